The van der Waals surface area contributed by atoms with Gasteiger partial charge in [-0.25, -0.2) is 4.79 Å². The molecule has 0 unspecified atom stereocenters. The van der Waals surface area contributed by atoms with Crippen LogP contribution in [0, 0.1) is 0 Å². The molecule has 0 saturated carbocycles. The van der Waals surface area contributed by atoms with Gasteiger partial charge >= 0.3 is 12.3 Å². The summed E-state index contributed by atoms with van der Waals surface area (Å²) in [5.41, 5.74) is -0.861. The van der Waals surface area contributed by atoms with Gasteiger partial charge in [0, 0.05) is 5.69 Å². The number of alkyl halides is 3. The molecule has 1 N–H and O–H groups in total. The lowest BCUT2D eigenvalue weighted by atomic mass is 10.2. The van der Waals surface area contributed by atoms with Gasteiger partial charge in [0.05, 0.1) is 10.6 Å². The fourth-order valence-corrected chi connectivity index (χ4v) is 1.85. The number of carbonyl (C=O) groups is 1. The first-order valence-corrected chi connectivity index (χ1v) is 6.14. The summed E-state index contributed by atoms with van der Waals surface area (Å²) in [5.74, 6) is 0.313. The summed E-state index contributed by atoms with van der Waals surface area (Å²) in [6, 6.07) is 11.1. The Bertz CT molecular complexity index is 644. The van der Waals surface area contributed by atoms with Crippen molar-refractivity contribution >= 4 is 23.4 Å². The van der Waals surface area contributed by atoms with Crippen LogP contribution in [0.3, 0.4) is 0 Å². The first kappa shape index (κ1) is 15.2. The molecule has 2 rings (SSSR count). The van der Waals surface area contributed by atoms with Gasteiger partial charge in [-0.1, -0.05) is 29.8 Å². The highest BCUT2D eigenvalue weighted by atomic mass is 35.5. The minimum atomic E-state index is -4.54. The van der Waals surface area contributed by atoms with Crippen LogP contribution in [-0.2, 0) is 6.18 Å². The van der Waals surface area contributed by atoms with E-state index in [9.17, 15) is 18.0 Å². The molecule has 0 spiro atoms. The number of anilines is 1. The Morgan fingerprint density at radius 1 is 1.10 bits per heavy atom. The summed E-state index contributed by atoms with van der Waals surface area (Å²) in [6.07, 6.45) is -5.36. The number of benzene rings is 2. The third kappa shape index (κ3) is 4.13. The molecule has 0 aliphatic heterocycles. The summed E-state index contributed by atoms with van der Waals surface area (Å²) < 4.78 is 42.5. The van der Waals surface area contributed by atoms with E-state index < -0.39 is 22.9 Å². The fraction of sp³-hybridized carbons (Fsp3) is 0.0714. The van der Waals surface area contributed by atoms with E-state index in [1.54, 1.807) is 30.3 Å². The Kier molecular flexibility index (Phi) is 4.37. The zero-order valence-corrected chi connectivity index (χ0v) is 11.2. The van der Waals surface area contributed by atoms with Crippen LogP contribution in [0.25, 0.3) is 0 Å². The number of hydrogen-bond donors (Lipinski definition) is 1. The SMILES string of the molecule is O=C(Nc1ccc(C(F)(F)F)c(Cl)c1)Oc1ccccc1. The van der Waals surface area contributed by atoms with Crippen LogP contribution in [-0.4, -0.2) is 6.09 Å². The van der Waals surface area contributed by atoms with Crippen LogP contribution in [0.5, 0.6) is 5.75 Å². The zero-order chi connectivity index (χ0) is 15.5. The van der Waals surface area contributed by atoms with Gasteiger partial charge in [0.15, 0.2) is 0 Å². The van der Waals surface area contributed by atoms with Crippen molar-refractivity contribution in [2.45, 2.75) is 6.18 Å². The van der Waals surface area contributed by atoms with Gasteiger partial charge in [-0.15, -0.1) is 0 Å². The second-order valence-corrected chi connectivity index (χ2v) is 4.43. The van der Waals surface area contributed by atoms with E-state index in [2.05, 4.69) is 5.32 Å². The van der Waals surface area contributed by atoms with Crippen LogP contribution < -0.4 is 10.1 Å². The Balaban J connectivity index is 2.07. The third-order valence-corrected chi connectivity index (χ3v) is 2.79. The first-order chi connectivity index (χ1) is 9.86. The number of ether oxygens (including phenoxy) is 1. The van der Waals surface area contributed by atoms with E-state index in [1.165, 1.54) is 0 Å². The van der Waals surface area contributed by atoms with Crippen molar-refractivity contribution < 1.29 is 22.7 Å². The number of hydrogen-bond acceptors (Lipinski definition) is 2. The van der Waals surface area contributed by atoms with Gasteiger partial charge in [0.1, 0.15) is 5.75 Å². The van der Waals surface area contributed by atoms with Gasteiger partial charge in [0.2, 0.25) is 0 Å². The summed E-state index contributed by atoms with van der Waals surface area (Å²) in [4.78, 5) is 11.6. The number of carbonyl (C=O) groups excluding carboxylic acids is 1. The summed E-state index contributed by atoms with van der Waals surface area (Å²) >= 11 is 5.55. The minimum Gasteiger partial charge on any atom is -0.410 e. The first-order valence-electron chi connectivity index (χ1n) is 5.77. The van der Waals surface area contributed by atoms with Gasteiger partial charge in [-0.2, -0.15) is 13.2 Å². The molecule has 0 saturated heterocycles. The van der Waals surface area contributed by atoms with Gasteiger partial charge in [0.25, 0.3) is 0 Å². The molecule has 7 heteroatoms. The van der Waals surface area contributed by atoms with Crippen LogP contribution in [0.4, 0.5) is 23.7 Å². The van der Waals surface area contributed by atoms with E-state index in [4.69, 9.17) is 16.3 Å². The second-order valence-electron chi connectivity index (χ2n) is 4.02. The topological polar surface area (TPSA) is 38.3 Å². The molecule has 0 fully saturated rings. The van der Waals surface area contributed by atoms with E-state index in [0.29, 0.717) is 5.75 Å². The van der Waals surface area contributed by atoms with E-state index in [1.807, 2.05) is 0 Å². The monoisotopic (exact) mass is 315 g/mol. The van der Waals surface area contributed by atoms with Crippen LogP contribution >= 0.6 is 11.6 Å². The molecule has 0 heterocycles. The Hall–Kier alpha value is -2.21. The van der Waals surface area contributed by atoms with E-state index in [0.717, 1.165) is 18.2 Å². The lowest BCUT2D eigenvalue weighted by molar-refractivity contribution is -0.137. The molecule has 0 aliphatic carbocycles. The lowest BCUT2D eigenvalue weighted by Crippen LogP contribution is -2.17. The lowest BCUT2D eigenvalue weighted by Gasteiger charge is -2.11. The van der Waals surface area contributed by atoms with Crippen LogP contribution in [0.15, 0.2) is 48.5 Å². The predicted octanol–water partition coefficient (Wildman–Crippen LogP) is 4.97. The molecule has 3 nitrogen and oxygen atoms in total. The zero-order valence-electron chi connectivity index (χ0n) is 10.4. The third-order valence-electron chi connectivity index (χ3n) is 2.47. The Labute approximate surface area is 123 Å². The standard InChI is InChI=1S/C14H9ClF3NO2/c15-12-8-9(6-7-11(12)14(16,17)18)19-13(20)21-10-4-2-1-3-5-10/h1-8H,(H,19,20). The molecule has 110 valence electrons. The maximum atomic E-state index is 12.5. The van der Waals surface area contributed by atoms with Gasteiger partial charge in [-0.05, 0) is 30.3 Å². The van der Waals surface area contributed by atoms with Crippen molar-refractivity contribution in [2.75, 3.05) is 5.32 Å². The number of nitrogens with one attached hydrogen (secondary N) is 1. The van der Waals surface area contributed by atoms with E-state index in [-0.39, 0.29) is 5.69 Å². The van der Waals surface area contributed by atoms with Crippen molar-refractivity contribution in [3.05, 3.63) is 59.1 Å². The molecule has 2 aromatic carbocycles. The average Bonchev–Trinajstić information content (AvgIpc) is 2.38. The predicted molar refractivity (Wildman–Crippen MR) is 72.5 cm³/mol. The minimum absolute atomic E-state index is 0.105. The largest absolute Gasteiger partial charge is 0.417 e. The van der Waals surface area contributed by atoms with Crippen LogP contribution in [0.1, 0.15) is 5.56 Å². The molecule has 1 amide bonds. The molecule has 0 atom stereocenters. The molecule has 0 bridgehead atoms. The quantitative estimate of drug-likeness (QED) is 0.849. The normalized spacial score (nSPS) is 11.0. The number of halogens is 4. The van der Waals surface area contributed by atoms with Crippen LogP contribution in [0.2, 0.25) is 5.02 Å². The smallest absolute Gasteiger partial charge is 0.410 e. The summed E-state index contributed by atoms with van der Waals surface area (Å²) in [6.45, 7) is 0. The Morgan fingerprint density at radius 2 is 1.76 bits per heavy atom. The highest BCUT2D eigenvalue weighted by Crippen LogP contribution is 2.35. The average molecular weight is 316 g/mol. The van der Waals surface area contributed by atoms with Gasteiger partial charge < -0.3 is 4.74 Å². The number of amides is 1. The molecule has 0 aliphatic rings. The van der Waals surface area contributed by atoms with Gasteiger partial charge in [-0.3, -0.25) is 5.32 Å². The molecule has 2 aromatic rings. The van der Waals surface area contributed by atoms with Crippen molar-refractivity contribution in [1.82, 2.24) is 0 Å². The second kappa shape index (κ2) is 6.05. The highest BCUT2D eigenvalue weighted by Gasteiger charge is 2.33. The number of para-hydroxylation sites is 1. The molecule has 21 heavy (non-hydrogen) atoms. The Morgan fingerprint density at radius 3 is 2.33 bits per heavy atom. The maximum absolute atomic E-state index is 12.5. The van der Waals surface area contributed by atoms with Crippen molar-refractivity contribution in [3.63, 3.8) is 0 Å². The fourth-order valence-electron chi connectivity index (χ4n) is 1.56. The number of rotatable bonds is 2. The summed E-state index contributed by atoms with van der Waals surface area (Å²) in [5, 5.41) is 1.80. The van der Waals surface area contributed by atoms with E-state index >= 15 is 0 Å². The molecule has 0 aromatic heterocycles. The van der Waals surface area contributed by atoms with Crippen molar-refractivity contribution in [1.29, 1.82) is 0 Å². The summed E-state index contributed by atoms with van der Waals surface area (Å²) in [7, 11) is 0. The van der Waals surface area contributed by atoms with Crippen molar-refractivity contribution in [3.8, 4) is 5.75 Å². The molecule has 0 radical (unpaired) electrons. The molecular formula is C14H9ClF3NO2. The highest BCUT2D eigenvalue weighted by molar-refractivity contribution is 6.31. The van der Waals surface area contributed by atoms with Crippen molar-refractivity contribution in [2.24, 2.45) is 0 Å². The maximum Gasteiger partial charge on any atom is 0.417 e. The molecular weight excluding hydrogens is 307 g/mol.